The fourth-order valence-electron chi connectivity index (χ4n) is 3.14. The average Bonchev–Trinajstić information content (AvgIpc) is 2.44. The Labute approximate surface area is 85.7 Å². The molecule has 74 valence electrons. The summed E-state index contributed by atoms with van der Waals surface area (Å²) in [4.78, 5) is 2.38. The average molecular weight is 187 g/mol. The molecule has 3 rings (SSSR count). The topological polar surface area (TPSA) is 3.24 Å². The monoisotopic (exact) mass is 187 g/mol. The van der Waals surface area contributed by atoms with E-state index in [1.165, 1.54) is 25.1 Å². The summed E-state index contributed by atoms with van der Waals surface area (Å²) in [6.07, 6.45) is 2.51. The van der Waals surface area contributed by atoms with Crippen LogP contribution in [0.25, 0.3) is 0 Å². The number of anilines is 1. The number of hydrogen-bond donors (Lipinski definition) is 0. The minimum absolute atomic E-state index is 0.436. The molecular weight excluding hydrogens is 170 g/mol. The van der Waals surface area contributed by atoms with E-state index in [-0.39, 0.29) is 0 Å². The number of hydrogen-bond acceptors (Lipinski definition) is 1. The molecule has 2 aliphatic rings. The van der Waals surface area contributed by atoms with E-state index in [0.717, 1.165) is 0 Å². The van der Waals surface area contributed by atoms with Crippen LogP contribution >= 0.6 is 0 Å². The van der Waals surface area contributed by atoms with E-state index < -0.39 is 0 Å². The van der Waals surface area contributed by atoms with Crippen molar-refractivity contribution in [2.75, 3.05) is 18.5 Å². The lowest BCUT2D eigenvalue weighted by Crippen LogP contribution is -2.33. The second-order valence-corrected chi connectivity index (χ2v) is 5.33. The molecule has 0 saturated heterocycles. The van der Waals surface area contributed by atoms with E-state index in [9.17, 15) is 0 Å². The zero-order chi connectivity index (χ0) is 9.92. The molecule has 0 saturated carbocycles. The van der Waals surface area contributed by atoms with Crippen molar-refractivity contribution in [3.63, 3.8) is 0 Å². The Morgan fingerprint density at radius 2 is 2.07 bits per heavy atom. The number of rotatable bonds is 0. The first-order valence-electron chi connectivity index (χ1n) is 5.46. The Balaban J connectivity index is 2.22. The summed E-state index contributed by atoms with van der Waals surface area (Å²) in [6.45, 7) is 5.93. The molecule has 14 heavy (non-hydrogen) atoms. The maximum absolute atomic E-state index is 2.38. The molecule has 0 amide bonds. The number of nitrogens with zero attached hydrogens (tertiary/aromatic N) is 1. The first-order valence-corrected chi connectivity index (χ1v) is 5.46. The smallest absolute Gasteiger partial charge is 0.0400 e. The summed E-state index contributed by atoms with van der Waals surface area (Å²) in [7, 11) is 2.20. The minimum Gasteiger partial charge on any atom is -0.374 e. The Hall–Kier alpha value is -0.980. The van der Waals surface area contributed by atoms with Gasteiger partial charge in [-0.1, -0.05) is 19.9 Å². The largest absolute Gasteiger partial charge is 0.374 e. The Bertz CT molecular complexity index is 404. The minimum atomic E-state index is 0.436. The standard InChI is InChI=1S/C13H17N/c1-13(2)8-9-4-5-11-10(12(9)13)6-7-14(11)3/h4-5H,6-8H2,1-3H3. The van der Waals surface area contributed by atoms with Crippen LogP contribution in [0.15, 0.2) is 12.1 Å². The third-order valence-electron chi connectivity index (χ3n) is 3.79. The van der Waals surface area contributed by atoms with Crippen LogP contribution in [0.1, 0.15) is 30.5 Å². The summed E-state index contributed by atoms with van der Waals surface area (Å²) in [5.41, 5.74) is 6.77. The van der Waals surface area contributed by atoms with Crippen molar-refractivity contribution in [2.45, 2.75) is 32.1 Å². The van der Waals surface area contributed by atoms with Crippen molar-refractivity contribution >= 4 is 5.69 Å². The molecular formula is C13H17N. The van der Waals surface area contributed by atoms with Crippen LogP contribution in [0, 0.1) is 0 Å². The van der Waals surface area contributed by atoms with Gasteiger partial charge in [-0.25, -0.2) is 0 Å². The second-order valence-electron chi connectivity index (χ2n) is 5.33. The highest BCUT2D eigenvalue weighted by atomic mass is 15.1. The summed E-state index contributed by atoms with van der Waals surface area (Å²) in [5, 5.41) is 0. The Morgan fingerprint density at radius 3 is 2.79 bits per heavy atom. The third-order valence-corrected chi connectivity index (χ3v) is 3.79. The zero-order valence-electron chi connectivity index (χ0n) is 9.22. The third kappa shape index (κ3) is 0.853. The van der Waals surface area contributed by atoms with Gasteiger partial charge >= 0.3 is 0 Å². The van der Waals surface area contributed by atoms with Crippen LogP contribution in [0.5, 0.6) is 0 Å². The molecule has 0 unspecified atom stereocenters. The van der Waals surface area contributed by atoms with Crippen molar-refractivity contribution in [3.8, 4) is 0 Å². The van der Waals surface area contributed by atoms with Crippen LogP contribution in [0.3, 0.4) is 0 Å². The number of likely N-dealkylation sites (N-methyl/N-ethyl adjacent to an activating group) is 1. The van der Waals surface area contributed by atoms with Gasteiger partial charge in [0.1, 0.15) is 0 Å². The maximum Gasteiger partial charge on any atom is 0.0400 e. The van der Waals surface area contributed by atoms with Gasteiger partial charge in [-0.2, -0.15) is 0 Å². The van der Waals surface area contributed by atoms with E-state index in [1.54, 1.807) is 16.7 Å². The van der Waals surface area contributed by atoms with Gasteiger partial charge in [0.25, 0.3) is 0 Å². The number of fused-ring (bicyclic) bond motifs is 3. The second kappa shape index (κ2) is 2.33. The van der Waals surface area contributed by atoms with E-state index in [0.29, 0.717) is 5.41 Å². The first-order chi connectivity index (χ1) is 6.59. The molecule has 0 bridgehead atoms. The molecule has 1 aromatic rings. The summed E-state index contributed by atoms with van der Waals surface area (Å²) < 4.78 is 0. The normalized spacial score (nSPS) is 21.5. The molecule has 1 heteroatoms. The van der Waals surface area contributed by atoms with Crippen molar-refractivity contribution < 1.29 is 0 Å². The van der Waals surface area contributed by atoms with Crippen LogP contribution in [-0.4, -0.2) is 13.6 Å². The van der Waals surface area contributed by atoms with Gasteiger partial charge in [0, 0.05) is 19.3 Å². The van der Waals surface area contributed by atoms with Crippen LogP contribution < -0.4 is 4.90 Å². The molecule has 1 aliphatic carbocycles. The van der Waals surface area contributed by atoms with Gasteiger partial charge < -0.3 is 4.90 Å². The molecule has 0 atom stereocenters. The predicted octanol–water partition coefficient (Wildman–Crippen LogP) is 2.51. The lowest BCUT2D eigenvalue weighted by Gasteiger charge is -2.40. The van der Waals surface area contributed by atoms with Crippen molar-refractivity contribution in [1.29, 1.82) is 0 Å². The van der Waals surface area contributed by atoms with Gasteiger partial charge in [-0.3, -0.25) is 0 Å². The first kappa shape index (κ1) is 8.34. The van der Waals surface area contributed by atoms with Gasteiger partial charge in [0.15, 0.2) is 0 Å². The van der Waals surface area contributed by atoms with Crippen molar-refractivity contribution in [2.24, 2.45) is 0 Å². The van der Waals surface area contributed by atoms with Gasteiger partial charge in [0.05, 0.1) is 0 Å². The molecule has 1 nitrogen and oxygen atoms in total. The maximum atomic E-state index is 2.38. The van der Waals surface area contributed by atoms with Crippen LogP contribution in [0.2, 0.25) is 0 Å². The van der Waals surface area contributed by atoms with E-state index in [1.807, 2.05) is 0 Å². The predicted molar refractivity (Wildman–Crippen MR) is 60.1 cm³/mol. The molecule has 1 aromatic carbocycles. The van der Waals surface area contributed by atoms with Crippen LogP contribution in [-0.2, 0) is 18.3 Å². The quantitative estimate of drug-likeness (QED) is 0.603. The molecule has 1 heterocycles. The zero-order valence-corrected chi connectivity index (χ0v) is 9.22. The molecule has 0 spiro atoms. The molecule has 0 aromatic heterocycles. The molecule has 1 aliphatic heterocycles. The number of benzene rings is 1. The van der Waals surface area contributed by atoms with Crippen LogP contribution in [0.4, 0.5) is 5.69 Å². The van der Waals surface area contributed by atoms with Crippen molar-refractivity contribution in [3.05, 3.63) is 28.8 Å². The fourth-order valence-corrected chi connectivity index (χ4v) is 3.14. The highest BCUT2D eigenvalue weighted by molar-refractivity contribution is 5.66. The summed E-state index contributed by atoms with van der Waals surface area (Å²) in [6, 6.07) is 4.62. The van der Waals surface area contributed by atoms with Gasteiger partial charge in [0.2, 0.25) is 0 Å². The summed E-state index contributed by atoms with van der Waals surface area (Å²) >= 11 is 0. The Morgan fingerprint density at radius 1 is 1.29 bits per heavy atom. The molecule has 0 fully saturated rings. The van der Waals surface area contributed by atoms with E-state index in [4.69, 9.17) is 0 Å². The lowest BCUT2D eigenvalue weighted by atomic mass is 9.64. The van der Waals surface area contributed by atoms with Gasteiger partial charge in [-0.05, 0) is 41.0 Å². The SMILES string of the molecule is CN1CCc2c1ccc1c2C(C)(C)C1. The lowest BCUT2D eigenvalue weighted by molar-refractivity contribution is 0.451. The summed E-state index contributed by atoms with van der Waals surface area (Å²) in [5.74, 6) is 0. The molecule has 0 radical (unpaired) electrons. The van der Waals surface area contributed by atoms with E-state index >= 15 is 0 Å². The highest BCUT2D eigenvalue weighted by Gasteiger charge is 2.38. The fraction of sp³-hybridized carbons (Fsp3) is 0.538. The van der Waals surface area contributed by atoms with E-state index in [2.05, 4.69) is 37.9 Å². The molecule has 0 N–H and O–H groups in total. The van der Waals surface area contributed by atoms with Gasteiger partial charge in [-0.15, -0.1) is 0 Å². The highest BCUT2D eigenvalue weighted by Crippen LogP contribution is 2.47. The van der Waals surface area contributed by atoms with Crippen molar-refractivity contribution in [1.82, 2.24) is 0 Å². The Kier molecular flexibility index (Phi) is 1.39.